The molecule has 2 rings (SSSR count). The smallest absolute Gasteiger partial charge is 0.124 e. The summed E-state index contributed by atoms with van der Waals surface area (Å²) in [5, 5.41) is 4.16. The second-order valence-corrected chi connectivity index (χ2v) is 2.90. The van der Waals surface area contributed by atoms with Crippen LogP contribution in [0.1, 0.15) is 5.69 Å². The average molecular weight is 177 g/mol. The van der Waals surface area contributed by atoms with Crippen LogP contribution in [0.2, 0.25) is 0 Å². The topological polar surface area (TPSA) is 43.3 Å². The molecule has 0 aliphatic rings. The predicted molar refractivity (Wildman–Crippen MR) is 51.1 cm³/mol. The van der Waals surface area contributed by atoms with E-state index in [2.05, 4.69) is 5.10 Å². The first-order valence-corrected chi connectivity index (χ1v) is 3.92. The third-order valence-corrected chi connectivity index (χ3v) is 1.83. The Hall–Kier alpha value is -1.42. The van der Waals surface area contributed by atoms with Crippen molar-refractivity contribution >= 4 is 22.7 Å². The highest BCUT2D eigenvalue weighted by Gasteiger charge is 2.01. The Morgan fingerprint density at radius 1 is 1.50 bits per heavy atom. The fourth-order valence-corrected chi connectivity index (χ4v) is 1.16. The summed E-state index contributed by atoms with van der Waals surface area (Å²) in [6.45, 7) is 0. The molecule has 0 bridgehead atoms. The molecule has 12 heavy (non-hydrogen) atoms. The summed E-state index contributed by atoms with van der Waals surface area (Å²) < 4.78 is 1.74. The van der Waals surface area contributed by atoms with Gasteiger partial charge >= 0.3 is 0 Å². The number of nitrogens with two attached hydrogens (primary N) is 1. The van der Waals surface area contributed by atoms with Gasteiger partial charge in [0.15, 0.2) is 0 Å². The fourth-order valence-electron chi connectivity index (χ4n) is 1.06. The van der Waals surface area contributed by atoms with E-state index in [1.165, 1.54) is 0 Å². The average Bonchev–Trinajstić information content (AvgIpc) is 2.46. The van der Waals surface area contributed by atoms with E-state index in [0.717, 1.165) is 5.52 Å². The van der Waals surface area contributed by atoms with Crippen molar-refractivity contribution in [2.24, 2.45) is 5.73 Å². The molecule has 4 heteroatoms. The number of hydrogen-bond donors (Lipinski definition) is 1. The van der Waals surface area contributed by atoms with Gasteiger partial charge in [-0.1, -0.05) is 18.3 Å². The second kappa shape index (κ2) is 2.57. The van der Waals surface area contributed by atoms with Gasteiger partial charge in [-0.05, 0) is 18.2 Å². The molecule has 0 unspecified atom stereocenters. The molecule has 0 aliphatic heterocycles. The van der Waals surface area contributed by atoms with E-state index in [4.69, 9.17) is 18.0 Å². The van der Waals surface area contributed by atoms with Crippen LogP contribution in [-0.4, -0.2) is 14.6 Å². The molecule has 2 heterocycles. The minimum Gasteiger partial charge on any atom is -0.388 e. The van der Waals surface area contributed by atoms with E-state index < -0.39 is 0 Å². The first-order valence-electron chi connectivity index (χ1n) is 3.51. The van der Waals surface area contributed by atoms with Gasteiger partial charge in [-0.15, -0.1) is 0 Å². The number of nitrogens with zero attached hydrogens (tertiary/aromatic N) is 2. The Morgan fingerprint density at radius 3 is 3.00 bits per heavy atom. The Labute approximate surface area is 74.8 Å². The SMILES string of the molecule is NC(=S)c1cc2ccccn2n1. The summed E-state index contributed by atoms with van der Waals surface area (Å²) in [7, 11) is 0. The summed E-state index contributed by atoms with van der Waals surface area (Å²) in [4.78, 5) is 0.332. The molecule has 0 amide bonds. The van der Waals surface area contributed by atoms with E-state index in [1.54, 1.807) is 4.52 Å². The maximum atomic E-state index is 5.43. The summed E-state index contributed by atoms with van der Waals surface area (Å²) in [6.07, 6.45) is 1.86. The standard InChI is InChI=1S/C8H7N3S/c9-8(12)7-5-6-3-1-2-4-11(6)10-7/h1-5H,(H2,9,12). The molecule has 0 saturated heterocycles. The minimum absolute atomic E-state index is 0.332. The number of rotatable bonds is 1. The molecule has 0 saturated carbocycles. The van der Waals surface area contributed by atoms with Crippen molar-refractivity contribution in [3.8, 4) is 0 Å². The molecule has 2 aromatic heterocycles. The lowest BCUT2D eigenvalue weighted by atomic mass is 10.3. The number of thiocarbonyl (C=S) groups is 1. The molecule has 0 aliphatic carbocycles. The quantitative estimate of drug-likeness (QED) is 0.660. The largest absolute Gasteiger partial charge is 0.388 e. The molecular weight excluding hydrogens is 170 g/mol. The van der Waals surface area contributed by atoms with E-state index in [0.29, 0.717) is 10.7 Å². The third-order valence-electron chi connectivity index (χ3n) is 1.62. The number of hydrogen-bond acceptors (Lipinski definition) is 2. The zero-order valence-corrected chi connectivity index (χ0v) is 7.08. The van der Waals surface area contributed by atoms with E-state index in [1.807, 2.05) is 30.5 Å². The lowest BCUT2D eigenvalue weighted by molar-refractivity contribution is 0.954. The van der Waals surface area contributed by atoms with Crippen molar-refractivity contribution < 1.29 is 0 Å². The molecule has 0 aromatic carbocycles. The first-order chi connectivity index (χ1) is 5.77. The lowest BCUT2D eigenvalue weighted by Crippen LogP contribution is -2.09. The number of pyridine rings is 1. The van der Waals surface area contributed by atoms with Gasteiger partial charge in [0.1, 0.15) is 10.7 Å². The fraction of sp³-hybridized carbons (Fsp3) is 0. The van der Waals surface area contributed by atoms with Crippen molar-refractivity contribution in [3.63, 3.8) is 0 Å². The molecule has 2 N–H and O–H groups in total. The Bertz CT molecular complexity index is 400. The zero-order chi connectivity index (χ0) is 8.55. The molecule has 3 nitrogen and oxygen atoms in total. The van der Waals surface area contributed by atoms with Crippen LogP contribution in [0.25, 0.3) is 5.52 Å². The normalized spacial score (nSPS) is 10.3. The predicted octanol–water partition coefficient (Wildman–Crippen LogP) is 0.969. The van der Waals surface area contributed by atoms with Crippen LogP contribution in [-0.2, 0) is 0 Å². The lowest BCUT2D eigenvalue weighted by Gasteiger charge is -1.87. The second-order valence-electron chi connectivity index (χ2n) is 2.46. The Morgan fingerprint density at radius 2 is 2.33 bits per heavy atom. The van der Waals surface area contributed by atoms with Gasteiger partial charge in [-0.2, -0.15) is 5.10 Å². The van der Waals surface area contributed by atoms with Gasteiger partial charge in [0.25, 0.3) is 0 Å². The Balaban J connectivity index is 2.70. The summed E-state index contributed by atoms with van der Waals surface area (Å²) in [6, 6.07) is 7.67. The highest BCUT2D eigenvalue weighted by atomic mass is 32.1. The maximum absolute atomic E-state index is 5.43. The van der Waals surface area contributed by atoms with Gasteiger partial charge in [0.05, 0.1) is 5.52 Å². The van der Waals surface area contributed by atoms with Gasteiger partial charge in [-0.25, -0.2) is 4.52 Å². The number of fused-ring (bicyclic) bond motifs is 1. The van der Waals surface area contributed by atoms with Crippen molar-refractivity contribution in [1.82, 2.24) is 9.61 Å². The monoisotopic (exact) mass is 177 g/mol. The van der Waals surface area contributed by atoms with E-state index in [9.17, 15) is 0 Å². The van der Waals surface area contributed by atoms with Crippen molar-refractivity contribution in [3.05, 3.63) is 36.2 Å². The van der Waals surface area contributed by atoms with Crippen LogP contribution >= 0.6 is 12.2 Å². The van der Waals surface area contributed by atoms with Gasteiger partial charge in [0.2, 0.25) is 0 Å². The Kier molecular flexibility index (Phi) is 1.55. The van der Waals surface area contributed by atoms with Gasteiger partial charge in [-0.3, -0.25) is 0 Å². The van der Waals surface area contributed by atoms with Crippen LogP contribution < -0.4 is 5.73 Å². The molecule has 0 fully saturated rings. The van der Waals surface area contributed by atoms with Crippen molar-refractivity contribution in [1.29, 1.82) is 0 Å². The first kappa shape index (κ1) is 7.24. The molecule has 0 spiro atoms. The molecule has 0 atom stereocenters. The minimum atomic E-state index is 0.332. The third kappa shape index (κ3) is 1.06. The van der Waals surface area contributed by atoms with Crippen molar-refractivity contribution in [2.75, 3.05) is 0 Å². The highest BCUT2D eigenvalue weighted by molar-refractivity contribution is 7.80. The van der Waals surface area contributed by atoms with Crippen LogP contribution in [0.15, 0.2) is 30.5 Å². The van der Waals surface area contributed by atoms with Crippen LogP contribution in [0, 0.1) is 0 Å². The summed E-state index contributed by atoms with van der Waals surface area (Å²) in [5.74, 6) is 0. The molecule has 2 aromatic rings. The molecule has 60 valence electrons. The van der Waals surface area contributed by atoms with Crippen LogP contribution in [0.5, 0.6) is 0 Å². The van der Waals surface area contributed by atoms with Gasteiger partial charge < -0.3 is 5.73 Å². The van der Waals surface area contributed by atoms with Crippen molar-refractivity contribution in [2.45, 2.75) is 0 Å². The van der Waals surface area contributed by atoms with Gasteiger partial charge in [0, 0.05) is 6.20 Å². The van der Waals surface area contributed by atoms with E-state index >= 15 is 0 Å². The maximum Gasteiger partial charge on any atom is 0.124 e. The van der Waals surface area contributed by atoms with E-state index in [-0.39, 0.29) is 0 Å². The summed E-state index contributed by atoms with van der Waals surface area (Å²) in [5.41, 5.74) is 7.10. The molecule has 0 radical (unpaired) electrons. The highest BCUT2D eigenvalue weighted by Crippen LogP contribution is 2.04. The van der Waals surface area contributed by atoms with Crippen LogP contribution in [0.4, 0.5) is 0 Å². The number of aromatic nitrogens is 2. The zero-order valence-electron chi connectivity index (χ0n) is 6.27. The summed E-state index contributed by atoms with van der Waals surface area (Å²) >= 11 is 4.80. The molecular formula is C8H7N3S. The van der Waals surface area contributed by atoms with Crippen LogP contribution in [0.3, 0.4) is 0 Å².